The Hall–Kier alpha value is -3.66. The van der Waals surface area contributed by atoms with Gasteiger partial charge in [0.05, 0.1) is 19.4 Å². The van der Waals surface area contributed by atoms with Crippen molar-refractivity contribution in [3.8, 4) is 22.9 Å². The maximum Gasteiger partial charge on any atom is 0.341 e. The summed E-state index contributed by atoms with van der Waals surface area (Å²) >= 11 is 5.30. The molecule has 9 nitrogen and oxygen atoms in total. The van der Waals surface area contributed by atoms with Crippen LogP contribution < -0.4 is 10.1 Å². The van der Waals surface area contributed by atoms with Crippen LogP contribution in [0.5, 0.6) is 11.5 Å². The molecule has 0 saturated carbocycles. The summed E-state index contributed by atoms with van der Waals surface area (Å²) in [5.74, 6) is -0.0641. The Kier molecular flexibility index (Phi) is 7.03. The normalized spacial score (nSPS) is 10.5. The van der Waals surface area contributed by atoms with Crippen LogP contribution in [0, 0.1) is 4.77 Å². The van der Waals surface area contributed by atoms with Crippen LogP contribution in [0.2, 0.25) is 0 Å². The predicted octanol–water partition coefficient (Wildman–Crippen LogP) is 3.53. The van der Waals surface area contributed by atoms with Gasteiger partial charge in [0.15, 0.2) is 16.3 Å². The molecule has 1 heterocycles. The lowest BCUT2D eigenvalue weighted by atomic mass is 10.1. The van der Waals surface area contributed by atoms with E-state index in [4.69, 9.17) is 17.0 Å². The summed E-state index contributed by atoms with van der Waals surface area (Å²) in [6, 6.07) is 11.8. The Morgan fingerprint density at radius 3 is 2.65 bits per heavy atom. The van der Waals surface area contributed by atoms with Crippen LogP contribution in [-0.2, 0) is 16.1 Å². The monoisotopic (exact) mass is 442 g/mol. The maximum atomic E-state index is 12.5. The molecule has 0 aliphatic rings. The van der Waals surface area contributed by atoms with Crippen molar-refractivity contribution in [1.82, 2.24) is 14.8 Å². The Labute approximate surface area is 183 Å². The first kappa shape index (κ1) is 22.0. The molecular weight excluding hydrogens is 420 g/mol. The van der Waals surface area contributed by atoms with Crippen LogP contribution in [0.1, 0.15) is 23.7 Å². The number of H-pyrrole nitrogens is 1. The summed E-state index contributed by atoms with van der Waals surface area (Å²) in [5, 5.41) is 19.8. The number of amides is 1. The van der Waals surface area contributed by atoms with Crippen LogP contribution in [0.25, 0.3) is 11.4 Å². The lowest BCUT2D eigenvalue weighted by Crippen LogP contribution is -2.15. The Morgan fingerprint density at radius 2 is 1.97 bits per heavy atom. The Morgan fingerprint density at radius 1 is 1.23 bits per heavy atom. The quantitative estimate of drug-likeness (QED) is 0.277. The van der Waals surface area contributed by atoms with Gasteiger partial charge in [-0.25, -0.2) is 4.79 Å². The molecule has 31 heavy (non-hydrogen) atoms. The van der Waals surface area contributed by atoms with Gasteiger partial charge < -0.3 is 19.9 Å². The number of aromatic amines is 1. The average molecular weight is 442 g/mol. The van der Waals surface area contributed by atoms with Gasteiger partial charge in [-0.05, 0) is 55.5 Å². The highest BCUT2D eigenvalue weighted by Crippen LogP contribution is 2.28. The van der Waals surface area contributed by atoms with Gasteiger partial charge in [-0.1, -0.05) is 6.07 Å². The number of nitrogens with zero attached hydrogens (tertiary/aromatic N) is 2. The van der Waals surface area contributed by atoms with Gasteiger partial charge in [0.1, 0.15) is 11.3 Å². The van der Waals surface area contributed by atoms with Gasteiger partial charge in [-0.2, -0.15) is 5.10 Å². The van der Waals surface area contributed by atoms with Crippen LogP contribution in [0.15, 0.2) is 42.5 Å². The van der Waals surface area contributed by atoms with Crippen LogP contribution in [0.3, 0.4) is 0 Å². The highest BCUT2D eigenvalue weighted by molar-refractivity contribution is 7.71. The van der Waals surface area contributed by atoms with E-state index in [0.717, 1.165) is 11.3 Å². The lowest BCUT2D eigenvalue weighted by molar-refractivity contribution is -0.116. The second-order valence-corrected chi connectivity index (χ2v) is 6.84. The summed E-state index contributed by atoms with van der Waals surface area (Å²) in [5.41, 5.74) is 0.908. The molecule has 0 atom stereocenters. The smallest absolute Gasteiger partial charge is 0.341 e. The first-order valence-corrected chi connectivity index (χ1v) is 9.94. The number of benzene rings is 2. The molecule has 0 unspecified atom stereocenters. The first-order chi connectivity index (χ1) is 14.9. The number of carbonyl (C=O) groups is 2. The van der Waals surface area contributed by atoms with Crippen molar-refractivity contribution in [2.45, 2.75) is 19.9 Å². The molecule has 0 aliphatic heterocycles. The summed E-state index contributed by atoms with van der Waals surface area (Å²) < 4.78 is 12.2. The summed E-state index contributed by atoms with van der Waals surface area (Å²) in [7, 11) is 1.21. The van der Waals surface area contributed by atoms with Crippen LogP contribution in [0.4, 0.5) is 5.69 Å². The van der Waals surface area contributed by atoms with E-state index >= 15 is 0 Å². The van der Waals surface area contributed by atoms with Gasteiger partial charge in [0.25, 0.3) is 0 Å². The largest absolute Gasteiger partial charge is 0.505 e. The molecule has 3 rings (SSSR count). The highest BCUT2D eigenvalue weighted by Gasteiger charge is 2.17. The molecule has 3 aromatic rings. The molecule has 0 saturated heterocycles. The molecule has 0 spiro atoms. The minimum absolute atomic E-state index is 0.0323. The van der Waals surface area contributed by atoms with E-state index in [9.17, 15) is 14.7 Å². The number of methoxy groups -OCH3 is 1. The number of hydrogen-bond donors (Lipinski definition) is 3. The number of phenols is 1. The first-order valence-electron chi connectivity index (χ1n) is 9.53. The molecule has 10 heteroatoms. The highest BCUT2D eigenvalue weighted by atomic mass is 32.1. The summed E-state index contributed by atoms with van der Waals surface area (Å²) in [6.45, 7) is 2.75. The third-order valence-electron chi connectivity index (χ3n) is 4.46. The molecule has 3 N–H and O–H groups in total. The van der Waals surface area contributed by atoms with Crippen molar-refractivity contribution in [2.75, 3.05) is 19.0 Å². The molecule has 1 aromatic heterocycles. The van der Waals surface area contributed by atoms with Crippen molar-refractivity contribution in [3.63, 3.8) is 0 Å². The summed E-state index contributed by atoms with van der Waals surface area (Å²) in [4.78, 5) is 24.1. The second kappa shape index (κ2) is 9.90. The Bertz CT molecular complexity index is 1140. The number of esters is 1. The van der Waals surface area contributed by atoms with Crippen LogP contribution in [-0.4, -0.2) is 45.5 Å². The number of aromatic hydroxyl groups is 1. The molecule has 0 bridgehead atoms. The van der Waals surface area contributed by atoms with Crippen molar-refractivity contribution in [1.29, 1.82) is 0 Å². The maximum absolute atomic E-state index is 12.5. The molecule has 162 valence electrons. The van der Waals surface area contributed by atoms with E-state index in [1.165, 1.54) is 25.3 Å². The number of para-hydroxylation sites is 1. The van der Waals surface area contributed by atoms with Gasteiger partial charge in [-0.3, -0.25) is 14.5 Å². The zero-order valence-corrected chi connectivity index (χ0v) is 17.9. The standard InChI is InChI=1S/C21H22N4O5S/c1-3-30-14-9-7-13(8-10-14)19-23-24-21(31)25(19)12-11-17(26)22-16-6-4-5-15(18(16)27)20(28)29-2/h4-10,27H,3,11-12H2,1-2H3,(H,22,26)(H,24,31). The molecular formula is C21H22N4O5S. The lowest BCUT2D eigenvalue weighted by Gasteiger charge is -2.11. The van der Waals surface area contributed by atoms with Gasteiger partial charge >= 0.3 is 5.97 Å². The molecule has 0 aliphatic carbocycles. The number of ether oxygens (including phenoxy) is 2. The fourth-order valence-electron chi connectivity index (χ4n) is 2.96. The van der Waals surface area contributed by atoms with Crippen molar-refractivity contribution in [2.24, 2.45) is 0 Å². The van der Waals surface area contributed by atoms with Crippen molar-refractivity contribution >= 4 is 29.8 Å². The number of rotatable bonds is 8. The number of phenolic OH excluding ortho intramolecular Hbond substituents is 1. The number of nitrogens with one attached hydrogen (secondary N) is 2. The van der Waals surface area contributed by atoms with E-state index in [1.807, 2.05) is 31.2 Å². The zero-order valence-electron chi connectivity index (χ0n) is 17.0. The topological polar surface area (TPSA) is 118 Å². The SMILES string of the molecule is CCOc1ccc(-c2n[nH]c(=S)n2CCC(=O)Nc2cccc(C(=O)OC)c2O)cc1. The second-order valence-electron chi connectivity index (χ2n) is 6.45. The Balaban J connectivity index is 1.71. The number of hydrogen-bond acceptors (Lipinski definition) is 7. The fourth-order valence-corrected chi connectivity index (χ4v) is 3.18. The van der Waals surface area contributed by atoms with E-state index in [0.29, 0.717) is 17.2 Å². The van der Waals surface area contributed by atoms with E-state index in [-0.39, 0.29) is 35.9 Å². The predicted molar refractivity (Wildman–Crippen MR) is 117 cm³/mol. The molecule has 0 fully saturated rings. The van der Waals surface area contributed by atoms with E-state index < -0.39 is 5.97 Å². The van der Waals surface area contributed by atoms with Crippen molar-refractivity contribution < 1.29 is 24.2 Å². The molecule has 2 aromatic carbocycles. The zero-order chi connectivity index (χ0) is 22.4. The van der Waals surface area contributed by atoms with Gasteiger partial charge in [-0.15, -0.1) is 0 Å². The van der Waals surface area contributed by atoms with Gasteiger partial charge in [0.2, 0.25) is 5.91 Å². The van der Waals surface area contributed by atoms with Crippen LogP contribution >= 0.6 is 12.2 Å². The molecule has 1 amide bonds. The third kappa shape index (κ3) is 5.10. The number of carbonyl (C=O) groups excluding carboxylic acids is 2. The van der Waals surface area contributed by atoms with E-state index in [2.05, 4.69) is 20.3 Å². The van der Waals surface area contributed by atoms with Crippen molar-refractivity contribution in [3.05, 3.63) is 52.8 Å². The number of aromatic nitrogens is 3. The average Bonchev–Trinajstić information content (AvgIpc) is 3.14. The number of anilines is 1. The minimum Gasteiger partial charge on any atom is -0.505 e. The third-order valence-corrected chi connectivity index (χ3v) is 4.77. The van der Waals surface area contributed by atoms with E-state index in [1.54, 1.807) is 4.57 Å². The summed E-state index contributed by atoms with van der Waals surface area (Å²) in [6.07, 6.45) is 0.0692. The minimum atomic E-state index is -0.696. The molecule has 0 radical (unpaired) electrons. The van der Waals surface area contributed by atoms with Gasteiger partial charge in [0, 0.05) is 18.5 Å². The fraction of sp³-hybridized carbons (Fsp3) is 0.238.